The van der Waals surface area contributed by atoms with Crippen LogP contribution >= 0.6 is 0 Å². The first-order chi connectivity index (χ1) is 5.43. The molecule has 1 rings (SSSR count). The van der Waals surface area contributed by atoms with Crippen molar-refractivity contribution < 1.29 is 5.11 Å². The largest absolute Gasteiger partial charge is 0.377 e. The topological polar surface area (TPSA) is 23.5 Å². The lowest BCUT2D eigenvalue weighted by Crippen LogP contribution is -2.37. The minimum atomic E-state index is -0.370. The van der Waals surface area contributed by atoms with E-state index in [1.54, 1.807) is 0 Å². The minimum Gasteiger partial charge on any atom is -0.377 e. The summed E-state index contributed by atoms with van der Waals surface area (Å²) in [5.74, 6) is 0.576. The highest BCUT2D eigenvalue weighted by molar-refractivity contribution is 5.22. The molecule has 0 aromatic heterocycles. The van der Waals surface area contributed by atoms with E-state index in [2.05, 4.69) is 13.5 Å². The van der Waals surface area contributed by atoms with Gasteiger partial charge in [-0.15, -0.1) is 0 Å². The van der Waals surface area contributed by atoms with Gasteiger partial charge in [0.25, 0.3) is 0 Å². The Kier molecular flexibility index (Phi) is 2.32. The zero-order valence-electron chi connectivity index (χ0n) is 8.46. The van der Waals surface area contributed by atoms with Gasteiger partial charge >= 0.3 is 0 Å². The van der Waals surface area contributed by atoms with Crippen LogP contribution < -0.4 is 0 Å². The fourth-order valence-corrected chi connectivity index (χ4v) is 2.08. The highest BCUT2D eigenvalue weighted by atomic mass is 16.3. The molecule has 0 spiro atoms. The maximum Gasteiger partial charge on any atom is 0.116 e. The lowest BCUT2D eigenvalue weighted by atomic mass is 9.93. The standard InChI is InChI=1S/C10H19NO/c1-7(2)10(6-8(10)3)9(12)11(4)5/h8-9,12H,1,6H2,2-5H3/t8-,9-,10+/m1/s1. The Balaban J connectivity index is 2.77. The van der Waals surface area contributed by atoms with Crippen LogP contribution in [0.5, 0.6) is 0 Å². The Labute approximate surface area is 74.9 Å². The zero-order valence-corrected chi connectivity index (χ0v) is 8.46. The van der Waals surface area contributed by atoms with Crippen LogP contribution in [0.1, 0.15) is 20.3 Å². The van der Waals surface area contributed by atoms with E-state index in [0.717, 1.165) is 12.0 Å². The molecular formula is C10H19NO. The van der Waals surface area contributed by atoms with Gasteiger partial charge in [-0.3, -0.25) is 4.90 Å². The molecule has 0 aromatic rings. The van der Waals surface area contributed by atoms with Crippen LogP contribution in [-0.2, 0) is 0 Å². The quantitative estimate of drug-likeness (QED) is 0.511. The Morgan fingerprint density at radius 3 is 2.17 bits per heavy atom. The number of aliphatic hydroxyl groups excluding tert-OH is 1. The maximum absolute atomic E-state index is 9.92. The normalized spacial score (nSPS) is 36.7. The molecule has 0 saturated heterocycles. The van der Waals surface area contributed by atoms with Crippen LogP contribution in [0.15, 0.2) is 12.2 Å². The molecule has 1 fully saturated rings. The molecule has 0 unspecified atom stereocenters. The monoisotopic (exact) mass is 169 g/mol. The third-order valence-corrected chi connectivity index (χ3v) is 3.11. The second-order valence-corrected chi connectivity index (χ2v) is 4.26. The van der Waals surface area contributed by atoms with Gasteiger partial charge < -0.3 is 5.11 Å². The van der Waals surface area contributed by atoms with E-state index < -0.39 is 0 Å². The Bertz CT molecular complexity index is 200. The van der Waals surface area contributed by atoms with Gasteiger partial charge in [0.1, 0.15) is 6.23 Å². The van der Waals surface area contributed by atoms with E-state index in [1.165, 1.54) is 0 Å². The van der Waals surface area contributed by atoms with Crippen LogP contribution in [0.4, 0.5) is 0 Å². The van der Waals surface area contributed by atoms with Crippen molar-refractivity contribution in [1.82, 2.24) is 4.90 Å². The van der Waals surface area contributed by atoms with Gasteiger partial charge in [-0.25, -0.2) is 0 Å². The van der Waals surface area contributed by atoms with Gasteiger partial charge in [-0.2, -0.15) is 0 Å². The fourth-order valence-electron chi connectivity index (χ4n) is 2.08. The maximum atomic E-state index is 9.92. The smallest absolute Gasteiger partial charge is 0.116 e. The molecule has 2 heteroatoms. The Morgan fingerprint density at radius 2 is 2.08 bits per heavy atom. The molecule has 3 atom stereocenters. The summed E-state index contributed by atoms with van der Waals surface area (Å²) in [5.41, 5.74) is 1.08. The van der Waals surface area contributed by atoms with E-state index >= 15 is 0 Å². The van der Waals surface area contributed by atoms with Crippen LogP contribution in [0.25, 0.3) is 0 Å². The van der Waals surface area contributed by atoms with Gasteiger partial charge in [-0.05, 0) is 33.4 Å². The lowest BCUT2D eigenvalue weighted by Gasteiger charge is -2.29. The van der Waals surface area contributed by atoms with Crippen LogP contribution in [0.3, 0.4) is 0 Å². The van der Waals surface area contributed by atoms with Gasteiger partial charge in [0.05, 0.1) is 0 Å². The number of hydrogen-bond acceptors (Lipinski definition) is 2. The van der Waals surface area contributed by atoms with E-state index in [1.807, 2.05) is 25.9 Å². The summed E-state index contributed by atoms with van der Waals surface area (Å²) in [7, 11) is 3.81. The number of aliphatic hydroxyl groups is 1. The van der Waals surface area contributed by atoms with E-state index in [9.17, 15) is 5.11 Å². The zero-order chi connectivity index (χ0) is 9.52. The van der Waals surface area contributed by atoms with E-state index in [0.29, 0.717) is 5.92 Å². The number of hydrogen-bond donors (Lipinski definition) is 1. The average molecular weight is 169 g/mol. The SMILES string of the molecule is C=C(C)[C@@]1([C@@H](O)N(C)C)C[C@H]1C. The summed E-state index contributed by atoms with van der Waals surface area (Å²) in [4.78, 5) is 1.86. The molecule has 12 heavy (non-hydrogen) atoms. The molecule has 0 radical (unpaired) electrons. The minimum absolute atomic E-state index is 0.0243. The van der Waals surface area contributed by atoms with Crippen LogP contribution in [-0.4, -0.2) is 30.3 Å². The van der Waals surface area contributed by atoms with E-state index in [4.69, 9.17) is 0 Å². The highest BCUT2D eigenvalue weighted by Crippen LogP contribution is 2.59. The van der Waals surface area contributed by atoms with Crippen molar-refractivity contribution in [2.75, 3.05) is 14.1 Å². The molecule has 0 bridgehead atoms. The van der Waals surface area contributed by atoms with Crippen molar-refractivity contribution in [3.05, 3.63) is 12.2 Å². The fraction of sp³-hybridized carbons (Fsp3) is 0.800. The molecule has 1 N–H and O–H groups in total. The third-order valence-electron chi connectivity index (χ3n) is 3.11. The molecule has 1 aliphatic rings. The van der Waals surface area contributed by atoms with Crippen LogP contribution in [0, 0.1) is 11.3 Å². The molecule has 1 saturated carbocycles. The molecule has 1 aliphatic carbocycles. The first-order valence-corrected chi connectivity index (χ1v) is 4.43. The van der Waals surface area contributed by atoms with Crippen molar-refractivity contribution in [3.8, 4) is 0 Å². The Hall–Kier alpha value is -0.340. The summed E-state index contributed by atoms with van der Waals surface area (Å²) in [6.07, 6.45) is 0.701. The first-order valence-electron chi connectivity index (χ1n) is 4.43. The first kappa shape index (κ1) is 9.75. The summed E-state index contributed by atoms with van der Waals surface area (Å²) in [6.45, 7) is 8.13. The van der Waals surface area contributed by atoms with Gasteiger partial charge in [0.2, 0.25) is 0 Å². The van der Waals surface area contributed by atoms with Gasteiger partial charge in [0, 0.05) is 5.41 Å². The van der Waals surface area contributed by atoms with Crippen molar-refractivity contribution in [2.24, 2.45) is 11.3 Å². The van der Waals surface area contributed by atoms with Crippen molar-refractivity contribution in [2.45, 2.75) is 26.5 Å². The van der Waals surface area contributed by atoms with Gasteiger partial charge in [-0.1, -0.05) is 19.1 Å². The van der Waals surface area contributed by atoms with Gasteiger partial charge in [0.15, 0.2) is 0 Å². The van der Waals surface area contributed by atoms with E-state index in [-0.39, 0.29) is 11.6 Å². The summed E-state index contributed by atoms with van der Waals surface area (Å²) in [6, 6.07) is 0. The molecule has 0 aromatic carbocycles. The summed E-state index contributed by atoms with van der Waals surface area (Å²) in [5, 5.41) is 9.92. The van der Waals surface area contributed by atoms with Crippen molar-refractivity contribution in [1.29, 1.82) is 0 Å². The van der Waals surface area contributed by atoms with Crippen molar-refractivity contribution >= 4 is 0 Å². The highest BCUT2D eigenvalue weighted by Gasteiger charge is 2.57. The molecular weight excluding hydrogens is 150 g/mol. The number of nitrogens with zero attached hydrogens (tertiary/aromatic N) is 1. The third kappa shape index (κ3) is 1.19. The molecule has 2 nitrogen and oxygen atoms in total. The predicted molar refractivity (Wildman–Crippen MR) is 50.7 cm³/mol. The molecule has 0 heterocycles. The molecule has 70 valence electrons. The second-order valence-electron chi connectivity index (χ2n) is 4.26. The summed E-state index contributed by atoms with van der Waals surface area (Å²) < 4.78 is 0. The second kappa shape index (κ2) is 2.86. The number of rotatable bonds is 3. The van der Waals surface area contributed by atoms with Crippen LogP contribution in [0.2, 0.25) is 0 Å². The lowest BCUT2D eigenvalue weighted by molar-refractivity contribution is -0.0136. The Morgan fingerprint density at radius 1 is 1.67 bits per heavy atom. The summed E-state index contributed by atoms with van der Waals surface area (Å²) >= 11 is 0. The average Bonchev–Trinajstić information content (AvgIpc) is 2.61. The molecule has 0 aliphatic heterocycles. The van der Waals surface area contributed by atoms with Crippen molar-refractivity contribution in [3.63, 3.8) is 0 Å². The molecule has 0 amide bonds. The predicted octanol–water partition coefficient (Wildman–Crippen LogP) is 1.47.